The van der Waals surface area contributed by atoms with Crippen LogP contribution in [-0.4, -0.2) is 24.1 Å². The lowest BCUT2D eigenvalue weighted by Crippen LogP contribution is -2.19. The Labute approximate surface area is 156 Å². The first kappa shape index (κ1) is 19.6. The van der Waals surface area contributed by atoms with Crippen LogP contribution in [-0.2, 0) is 9.53 Å². The Kier molecular flexibility index (Phi) is 6.23. The summed E-state index contributed by atoms with van der Waals surface area (Å²) in [5.41, 5.74) is 6.91. The fourth-order valence-corrected chi connectivity index (χ4v) is 2.37. The van der Waals surface area contributed by atoms with Crippen LogP contribution in [0.5, 0.6) is 0 Å². The quantitative estimate of drug-likeness (QED) is 0.366. The Morgan fingerprint density at radius 1 is 1.04 bits per heavy atom. The molecule has 0 saturated heterocycles. The molecule has 2 aromatic carbocycles. The average molecular weight is 362 g/mol. The van der Waals surface area contributed by atoms with E-state index in [2.05, 4.69) is 0 Å². The van der Waals surface area contributed by atoms with Crippen LogP contribution in [0.15, 0.2) is 59.8 Å². The van der Waals surface area contributed by atoms with Gasteiger partial charge in [-0.3, -0.25) is 9.59 Å². The van der Waals surface area contributed by atoms with Gasteiger partial charge in [0, 0.05) is 16.8 Å². The lowest BCUT2D eigenvalue weighted by Gasteiger charge is -2.09. The van der Waals surface area contributed by atoms with Gasteiger partial charge in [0.1, 0.15) is 11.6 Å². The number of aryl methyl sites for hydroxylation is 1. The number of ether oxygens (including phenoxy) is 1. The molecule has 0 aliphatic carbocycles. The van der Waals surface area contributed by atoms with Gasteiger partial charge in [-0.1, -0.05) is 48.0 Å². The Morgan fingerprint density at radius 3 is 2.19 bits per heavy atom. The topological polar surface area (TPSA) is 110 Å². The summed E-state index contributed by atoms with van der Waals surface area (Å²) in [6, 6.07) is 14.8. The fourth-order valence-electron chi connectivity index (χ4n) is 2.37. The molecule has 0 aromatic heterocycles. The van der Waals surface area contributed by atoms with Crippen molar-refractivity contribution >= 4 is 17.5 Å². The summed E-state index contributed by atoms with van der Waals surface area (Å²) in [5.74, 6) is -1.86. The standard InChI is InChI=1S/C21H18N2O4/c1-13-7-9-15(10-8-13)20(25)16-5-3-4-6-17(16)21(26)27-12-19(24)18(11-22)14(2)23/h3-10H,12,23H2,1-2H3. The number of nitriles is 1. The Morgan fingerprint density at radius 2 is 1.63 bits per heavy atom. The number of hydrogen-bond acceptors (Lipinski definition) is 6. The van der Waals surface area contributed by atoms with E-state index in [1.807, 2.05) is 6.92 Å². The highest BCUT2D eigenvalue weighted by Gasteiger charge is 2.21. The van der Waals surface area contributed by atoms with Gasteiger partial charge >= 0.3 is 5.97 Å². The molecule has 2 aromatic rings. The van der Waals surface area contributed by atoms with Crippen molar-refractivity contribution in [1.29, 1.82) is 5.26 Å². The highest BCUT2D eigenvalue weighted by atomic mass is 16.5. The molecule has 0 heterocycles. The molecular weight excluding hydrogens is 344 g/mol. The van der Waals surface area contributed by atoms with Crippen LogP contribution in [0.3, 0.4) is 0 Å². The van der Waals surface area contributed by atoms with Gasteiger partial charge in [0.15, 0.2) is 12.4 Å². The van der Waals surface area contributed by atoms with Gasteiger partial charge in [0.05, 0.1) is 5.56 Å². The second-order valence-electron chi connectivity index (χ2n) is 5.91. The van der Waals surface area contributed by atoms with E-state index in [-0.39, 0.29) is 28.2 Å². The third-order valence-electron chi connectivity index (χ3n) is 3.82. The lowest BCUT2D eigenvalue weighted by atomic mass is 9.98. The van der Waals surface area contributed by atoms with Gasteiger partial charge in [0.25, 0.3) is 0 Å². The van der Waals surface area contributed by atoms with Gasteiger partial charge in [-0.05, 0) is 19.9 Å². The summed E-state index contributed by atoms with van der Waals surface area (Å²) in [6.07, 6.45) is 0. The molecule has 6 nitrogen and oxygen atoms in total. The van der Waals surface area contributed by atoms with Gasteiger partial charge in [0.2, 0.25) is 5.78 Å². The van der Waals surface area contributed by atoms with E-state index in [9.17, 15) is 14.4 Å². The summed E-state index contributed by atoms with van der Waals surface area (Å²) >= 11 is 0. The Bertz CT molecular complexity index is 962. The summed E-state index contributed by atoms with van der Waals surface area (Å²) < 4.78 is 4.99. The minimum absolute atomic E-state index is 0.0443. The fraction of sp³-hybridized carbons (Fsp3) is 0.143. The average Bonchev–Trinajstić information content (AvgIpc) is 2.66. The van der Waals surface area contributed by atoms with Crippen LogP contribution < -0.4 is 5.73 Å². The molecule has 0 amide bonds. The van der Waals surface area contributed by atoms with Crippen LogP contribution in [0, 0.1) is 18.3 Å². The molecule has 27 heavy (non-hydrogen) atoms. The number of nitrogens with zero attached hydrogens (tertiary/aromatic N) is 1. The summed E-state index contributed by atoms with van der Waals surface area (Å²) in [7, 11) is 0. The monoisotopic (exact) mass is 362 g/mol. The van der Waals surface area contributed by atoms with Crippen molar-refractivity contribution in [3.63, 3.8) is 0 Å². The van der Waals surface area contributed by atoms with Gasteiger partial charge < -0.3 is 10.5 Å². The van der Waals surface area contributed by atoms with Crippen molar-refractivity contribution in [3.8, 4) is 6.07 Å². The molecule has 0 aliphatic rings. The van der Waals surface area contributed by atoms with E-state index in [1.54, 1.807) is 42.5 Å². The minimum Gasteiger partial charge on any atom is -0.454 e. The van der Waals surface area contributed by atoms with E-state index >= 15 is 0 Å². The maximum atomic E-state index is 12.7. The van der Waals surface area contributed by atoms with Crippen LogP contribution in [0.25, 0.3) is 0 Å². The zero-order valence-electron chi connectivity index (χ0n) is 15.0. The summed E-state index contributed by atoms with van der Waals surface area (Å²) in [4.78, 5) is 37.0. The SMILES string of the molecule is CC(N)=C(C#N)C(=O)COC(=O)c1ccccc1C(=O)c1ccc(C)cc1. The Balaban J connectivity index is 2.22. The predicted molar refractivity (Wildman–Crippen MR) is 98.8 cm³/mol. The molecule has 0 atom stereocenters. The van der Waals surface area contributed by atoms with Crippen molar-refractivity contribution in [3.05, 3.63) is 82.1 Å². The number of nitrogens with two attached hydrogens (primary N) is 1. The summed E-state index contributed by atoms with van der Waals surface area (Å²) in [6.45, 7) is 2.68. The first-order chi connectivity index (χ1) is 12.8. The lowest BCUT2D eigenvalue weighted by molar-refractivity contribution is -0.118. The van der Waals surface area contributed by atoms with Crippen molar-refractivity contribution in [2.75, 3.05) is 6.61 Å². The smallest absolute Gasteiger partial charge is 0.339 e. The second kappa shape index (κ2) is 8.59. The molecule has 136 valence electrons. The van der Waals surface area contributed by atoms with Crippen molar-refractivity contribution < 1.29 is 19.1 Å². The first-order valence-electron chi connectivity index (χ1n) is 8.12. The van der Waals surface area contributed by atoms with Crippen LogP contribution in [0.1, 0.15) is 38.8 Å². The summed E-state index contributed by atoms with van der Waals surface area (Å²) in [5, 5.41) is 8.92. The van der Waals surface area contributed by atoms with Crippen LogP contribution in [0.2, 0.25) is 0 Å². The largest absolute Gasteiger partial charge is 0.454 e. The molecule has 0 spiro atoms. The van der Waals surface area contributed by atoms with E-state index < -0.39 is 18.4 Å². The maximum absolute atomic E-state index is 12.7. The number of carbonyl (C=O) groups excluding carboxylic acids is 3. The van der Waals surface area contributed by atoms with Gasteiger partial charge in [-0.2, -0.15) is 5.26 Å². The number of allylic oxidation sites excluding steroid dienone is 1. The van der Waals surface area contributed by atoms with Crippen molar-refractivity contribution in [2.24, 2.45) is 5.73 Å². The molecule has 0 radical (unpaired) electrons. The molecule has 0 aliphatic heterocycles. The van der Waals surface area contributed by atoms with Crippen LogP contribution >= 0.6 is 0 Å². The van der Waals surface area contributed by atoms with E-state index in [1.165, 1.54) is 19.1 Å². The van der Waals surface area contributed by atoms with Gasteiger partial charge in [-0.25, -0.2) is 4.79 Å². The number of Topliss-reactive ketones (excluding diaryl/α,β-unsaturated/α-hetero) is 1. The molecule has 6 heteroatoms. The molecule has 2 N–H and O–H groups in total. The second-order valence-corrected chi connectivity index (χ2v) is 5.91. The third kappa shape index (κ3) is 4.67. The van der Waals surface area contributed by atoms with E-state index in [0.29, 0.717) is 5.56 Å². The molecular formula is C21H18N2O4. The highest BCUT2D eigenvalue weighted by Crippen LogP contribution is 2.16. The van der Waals surface area contributed by atoms with E-state index in [4.69, 9.17) is 15.7 Å². The van der Waals surface area contributed by atoms with Crippen molar-refractivity contribution in [2.45, 2.75) is 13.8 Å². The van der Waals surface area contributed by atoms with E-state index in [0.717, 1.165) is 5.56 Å². The van der Waals surface area contributed by atoms with Crippen LogP contribution in [0.4, 0.5) is 0 Å². The number of ketones is 2. The Hall–Kier alpha value is -3.72. The number of rotatable bonds is 6. The highest BCUT2D eigenvalue weighted by molar-refractivity contribution is 6.14. The normalized spacial score (nSPS) is 11.1. The minimum atomic E-state index is -0.827. The molecule has 0 bridgehead atoms. The zero-order chi connectivity index (χ0) is 20.0. The number of hydrogen-bond donors (Lipinski definition) is 1. The maximum Gasteiger partial charge on any atom is 0.339 e. The van der Waals surface area contributed by atoms with Gasteiger partial charge in [-0.15, -0.1) is 0 Å². The first-order valence-corrected chi connectivity index (χ1v) is 8.12. The zero-order valence-corrected chi connectivity index (χ0v) is 15.0. The third-order valence-corrected chi connectivity index (χ3v) is 3.82. The predicted octanol–water partition coefficient (Wildman–Crippen LogP) is 2.71. The number of benzene rings is 2. The molecule has 2 rings (SSSR count). The molecule has 0 unspecified atom stereocenters. The molecule has 0 fully saturated rings. The number of esters is 1. The molecule has 0 saturated carbocycles. The van der Waals surface area contributed by atoms with Crippen molar-refractivity contribution in [1.82, 2.24) is 0 Å². The number of carbonyl (C=O) groups is 3.